The Bertz CT molecular complexity index is 364. The summed E-state index contributed by atoms with van der Waals surface area (Å²) in [5.41, 5.74) is 6.62. The summed E-state index contributed by atoms with van der Waals surface area (Å²) >= 11 is 0. The topological polar surface area (TPSA) is 43.8 Å². The highest BCUT2D eigenvalue weighted by molar-refractivity contribution is 5.38. The average molecular weight is 158 g/mol. The SMILES string of the molecule is Nc1nccn1-c1cc[c]cc1. The van der Waals surface area contributed by atoms with Crippen LogP contribution in [-0.2, 0) is 0 Å². The quantitative estimate of drug-likeness (QED) is 0.678. The third-order valence-electron chi connectivity index (χ3n) is 1.65. The number of hydrogen-bond acceptors (Lipinski definition) is 2. The van der Waals surface area contributed by atoms with Gasteiger partial charge in [0, 0.05) is 18.1 Å². The van der Waals surface area contributed by atoms with Gasteiger partial charge in [0.25, 0.3) is 0 Å². The molecule has 0 bridgehead atoms. The van der Waals surface area contributed by atoms with Gasteiger partial charge in [0.1, 0.15) is 0 Å². The van der Waals surface area contributed by atoms with Crippen molar-refractivity contribution in [3.05, 3.63) is 42.7 Å². The molecule has 0 amide bonds. The van der Waals surface area contributed by atoms with Crippen molar-refractivity contribution in [3.63, 3.8) is 0 Å². The van der Waals surface area contributed by atoms with Crippen LogP contribution in [0.15, 0.2) is 36.7 Å². The van der Waals surface area contributed by atoms with E-state index in [9.17, 15) is 0 Å². The molecule has 0 aliphatic carbocycles. The van der Waals surface area contributed by atoms with Crippen LogP contribution in [0.3, 0.4) is 0 Å². The molecule has 0 atom stereocenters. The molecule has 3 heteroatoms. The van der Waals surface area contributed by atoms with Gasteiger partial charge in [0.2, 0.25) is 5.95 Å². The van der Waals surface area contributed by atoms with E-state index in [1.54, 1.807) is 6.20 Å². The standard InChI is InChI=1S/C9H8N3/c10-9-11-6-7-12(9)8-4-2-1-3-5-8/h2-7H,(H2,10,11). The molecule has 1 radical (unpaired) electrons. The third kappa shape index (κ3) is 1.05. The van der Waals surface area contributed by atoms with Gasteiger partial charge >= 0.3 is 0 Å². The molecular formula is C9H8N3. The molecule has 2 aromatic rings. The molecule has 2 rings (SSSR count). The van der Waals surface area contributed by atoms with Crippen LogP contribution in [0.5, 0.6) is 0 Å². The van der Waals surface area contributed by atoms with E-state index in [2.05, 4.69) is 11.1 Å². The molecule has 0 spiro atoms. The van der Waals surface area contributed by atoms with E-state index in [1.807, 2.05) is 35.0 Å². The molecule has 12 heavy (non-hydrogen) atoms. The summed E-state index contributed by atoms with van der Waals surface area (Å²) in [6.07, 6.45) is 3.50. The fraction of sp³-hybridized carbons (Fsp3) is 0. The highest BCUT2D eigenvalue weighted by Crippen LogP contribution is 2.09. The summed E-state index contributed by atoms with van der Waals surface area (Å²) in [4.78, 5) is 3.92. The number of nitrogens with zero attached hydrogens (tertiary/aromatic N) is 2. The normalized spacial score (nSPS) is 10.0. The van der Waals surface area contributed by atoms with Crippen LogP contribution < -0.4 is 5.73 Å². The van der Waals surface area contributed by atoms with E-state index in [-0.39, 0.29) is 0 Å². The van der Waals surface area contributed by atoms with Gasteiger partial charge in [0.15, 0.2) is 0 Å². The minimum absolute atomic E-state index is 0.501. The smallest absolute Gasteiger partial charge is 0.204 e. The van der Waals surface area contributed by atoms with Crippen LogP contribution in [0.25, 0.3) is 5.69 Å². The summed E-state index contributed by atoms with van der Waals surface area (Å²) in [5.74, 6) is 0.501. The lowest BCUT2D eigenvalue weighted by Crippen LogP contribution is -1.98. The van der Waals surface area contributed by atoms with Crippen molar-refractivity contribution in [1.29, 1.82) is 0 Å². The monoisotopic (exact) mass is 158 g/mol. The number of rotatable bonds is 1. The Balaban J connectivity index is 2.51. The van der Waals surface area contributed by atoms with Gasteiger partial charge in [-0.15, -0.1) is 0 Å². The molecule has 1 aromatic heterocycles. The van der Waals surface area contributed by atoms with Crippen molar-refractivity contribution in [2.24, 2.45) is 0 Å². The van der Waals surface area contributed by atoms with Crippen molar-refractivity contribution in [2.75, 3.05) is 5.73 Å². The van der Waals surface area contributed by atoms with Crippen molar-refractivity contribution in [3.8, 4) is 5.69 Å². The molecule has 3 nitrogen and oxygen atoms in total. The molecular weight excluding hydrogens is 150 g/mol. The second-order valence-corrected chi connectivity index (χ2v) is 2.41. The molecule has 0 fully saturated rings. The second-order valence-electron chi connectivity index (χ2n) is 2.41. The summed E-state index contributed by atoms with van der Waals surface area (Å²) in [7, 11) is 0. The first-order valence-corrected chi connectivity index (χ1v) is 3.63. The van der Waals surface area contributed by atoms with Crippen molar-refractivity contribution in [1.82, 2.24) is 9.55 Å². The zero-order valence-electron chi connectivity index (χ0n) is 6.44. The molecule has 1 aromatic carbocycles. The molecule has 59 valence electrons. The number of anilines is 1. The zero-order valence-corrected chi connectivity index (χ0v) is 6.44. The number of nitrogen functional groups attached to an aromatic ring is 1. The van der Waals surface area contributed by atoms with E-state index in [0.29, 0.717) is 5.95 Å². The Labute approximate surface area is 70.5 Å². The lowest BCUT2D eigenvalue weighted by Gasteiger charge is -2.02. The van der Waals surface area contributed by atoms with Crippen molar-refractivity contribution < 1.29 is 0 Å². The van der Waals surface area contributed by atoms with Crippen LogP contribution in [0.2, 0.25) is 0 Å². The Morgan fingerprint density at radius 3 is 2.67 bits per heavy atom. The Morgan fingerprint density at radius 2 is 2.08 bits per heavy atom. The van der Waals surface area contributed by atoms with Gasteiger partial charge in [-0.3, -0.25) is 4.57 Å². The summed E-state index contributed by atoms with van der Waals surface area (Å²) in [6.45, 7) is 0. The molecule has 0 unspecified atom stereocenters. The fourth-order valence-corrected chi connectivity index (χ4v) is 1.07. The zero-order chi connectivity index (χ0) is 8.39. The van der Waals surface area contributed by atoms with Crippen LogP contribution >= 0.6 is 0 Å². The first-order chi connectivity index (χ1) is 5.88. The van der Waals surface area contributed by atoms with E-state index in [1.165, 1.54) is 0 Å². The lowest BCUT2D eigenvalue weighted by molar-refractivity contribution is 1.07. The number of benzene rings is 1. The summed E-state index contributed by atoms with van der Waals surface area (Å²) < 4.78 is 1.81. The van der Waals surface area contributed by atoms with Gasteiger partial charge in [-0.05, 0) is 18.2 Å². The fourth-order valence-electron chi connectivity index (χ4n) is 1.07. The van der Waals surface area contributed by atoms with E-state index >= 15 is 0 Å². The maximum atomic E-state index is 5.61. The predicted molar refractivity (Wildman–Crippen MR) is 46.8 cm³/mol. The number of hydrogen-bond donors (Lipinski definition) is 1. The Kier molecular flexibility index (Phi) is 1.55. The van der Waals surface area contributed by atoms with Gasteiger partial charge in [-0.2, -0.15) is 0 Å². The number of aromatic nitrogens is 2. The number of nitrogens with two attached hydrogens (primary N) is 1. The predicted octanol–water partition coefficient (Wildman–Crippen LogP) is 1.25. The Morgan fingerprint density at radius 1 is 1.33 bits per heavy atom. The molecule has 2 N–H and O–H groups in total. The van der Waals surface area contributed by atoms with Gasteiger partial charge < -0.3 is 5.73 Å². The van der Waals surface area contributed by atoms with E-state index in [4.69, 9.17) is 5.73 Å². The van der Waals surface area contributed by atoms with Crippen molar-refractivity contribution in [2.45, 2.75) is 0 Å². The molecule has 0 saturated carbocycles. The van der Waals surface area contributed by atoms with Crippen LogP contribution in [0, 0.1) is 6.07 Å². The second kappa shape index (κ2) is 2.70. The first kappa shape index (κ1) is 6.91. The van der Waals surface area contributed by atoms with Crippen molar-refractivity contribution >= 4 is 5.95 Å². The highest BCUT2D eigenvalue weighted by atomic mass is 15.1. The molecule has 0 aliphatic heterocycles. The number of imidazole rings is 1. The largest absolute Gasteiger partial charge is 0.369 e. The average Bonchev–Trinajstić information content (AvgIpc) is 2.53. The van der Waals surface area contributed by atoms with E-state index < -0.39 is 0 Å². The summed E-state index contributed by atoms with van der Waals surface area (Å²) in [5, 5.41) is 0. The molecule has 0 saturated heterocycles. The molecule has 1 heterocycles. The van der Waals surface area contributed by atoms with Crippen LogP contribution in [-0.4, -0.2) is 9.55 Å². The third-order valence-corrected chi connectivity index (χ3v) is 1.65. The van der Waals surface area contributed by atoms with Gasteiger partial charge in [-0.1, -0.05) is 12.1 Å². The highest BCUT2D eigenvalue weighted by Gasteiger charge is 1.97. The van der Waals surface area contributed by atoms with Gasteiger partial charge in [0.05, 0.1) is 0 Å². The lowest BCUT2D eigenvalue weighted by atomic mass is 10.3. The molecule has 0 aliphatic rings. The minimum Gasteiger partial charge on any atom is -0.369 e. The van der Waals surface area contributed by atoms with Gasteiger partial charge in [-0.25, -0.2) is 4.98 Å². The first-order valence-electron chi connectivity index (χ1n) is 3.63. The maximum Gasteiger partial charge on any atom is 0.204 e. The maximum absolute atomic E-state index is 5.61. The van der Waals surface area contributed by atoms with E-state index in [0.717, 1.165) is 5.69 Å². The Hall–Kier alpha value is -1.77. The minimum atomic E-state index is 0.501. The van der Waals surface area contributed by atoms with Crippen LogP contribution in [0.1, 0.15) is 0 Å². The summed E-state index contributed by atoms with van der Waals surface area (Å²) in [6, 6.07) is 10.5. The van der Waals surface area contributed by atoms with Crippen LogP contribution in [0.4, 0.5) is 5.95 Å².